The summed E-state index contributed by atoms with van der Waals surface area (Å²) in [4.78, 5) is 28.5. The van der Waals surface area contributed by atoms with Crippen molar-refractivity contribution in [2.75, 3.05) is 50.0 Å². The Morgan fingerprint density at radius 1 is 1.31 bits per heavy atom. The molecular formula is C26H38N8O2. The van der Waals surface area contributed by atoms with E-state index in [1.54, 1.807) is 13.1 Å². The van der Waals surface area contributed by atoms with Crippen LogP contribution < -0.4 is 21.3 Å². The van der Waals surface area contributed by atoms with Gasteiger partial charge < -0.3 is 31.3 Å². The molecule has 10 heteroatoms. The molecular weight excluding hydrogens is 456 g/mol. The summed E-state index contributed by atoms with van der Waals surface area (Å²) < 4.78 is 0. The summed E-state index contributed by atoms with van der Waals surface area (Å²) in [7, 11) is 1.63. The Hall–Kier alpha value is -3.37. The predicted molar refractivity (Wildman–Crippen MR) is 143 cm³/mol. The molecule has 1 saturated heterocycles. The Bertz CT molecular complexity index is 1030. The molecule has 5 N–H and O–H groups in total. The maximum absolute atomic E-state index is 12.6. The van der Waals surface area contributed by atoms with E-state index in [-0.39, 0.29) is 18.1 Å². The van der Waals surface area contributed by atoms with Crippen molar-refractivity contribution in [3.8, 4) is 0 Å². The number of carbonyl (C=O) groups is 1. The van der Waals surface area contributed by atoms with E-state index in [0.717, 1.165) is 57.5 Å². The van der Waals surface area contributed by atoms with E-state index >= 15 is 0 Å². The minimum Gasteiger partial charge on any atom is -0.404 e. The van der Waals surface area contributed by atoms with Gasteiger partial charge in [-0.1, -0.05) is 19.4 Å². The summed E-state index contributed by atoms with van der Waals surface area (Å²) in [5.74, 6) is 1.54. The maximum Gasteiger partial charge on any atom is 0.267 e. The van der Waals surface area contributed by atoms with Crippen LogP contribution in [0.3, 0.4) is 0 Å². The fourth-order valence-corrected chi connectivity index (χ4v) is 5.12. The average molecular weight is 495 g/mol. The molecule has 3 aliphatic rings. The molecule has 1 amide bonds. The number of pyridine rings is 1. The van der Waals surface area contributed by atoms with Gasteiger partial charge in [0, 0.05) is 57.6 Å². The first-order valence-electron chi connectivity index (χ1n) is 12.7. The zero-order valence-corrected chi connectivity index (χ0v) is 21.3. The van der Waals surface area contributed by atoms with E-state index in [4.69, 9.17) is 10.7 Å². The molecule has 0 spiro atoms. The van der Waals surface area contributed by atoms with Gasteiger partial charge in [0.05, 0.1) is 18.0 Å². The number of piperazine rings is 1. The van der Waals surface area contributed by atoms with Crippen LogP contribution in [0, 0.1) is 0 Å². The van der Waals surface area contributed by atoms with Gasteiger partial charge in [-0.05, 0) is 38.0 Å². The number of amides is 1. The first-order chi connectivity index (χ1) is 17.4. The molecule has 0 radical (unpaired) electrons. The van der Waals surface area contributed by atoms with Crippen molar-refractivity contribution < 1.29 is 9.90 Å². The second kappa shape index (κ2) is 11.6. The molecule has 0 bridgehead atoms. The Labute approximate surface area is 213 Å². The number of aromatic nitrogens is 1. The number of anilines is 2. The van der Waals surface area contributed by atoms with Crippen molar-refractivity contribution in [1.82, 2.24) is 20.1 Å². The number of amidine groups is 1. The number of hydrogen-bond acceptors (Lipinski definition) is 8. The van der Waals surface area contributed by atoms with Crippen LogP contribution in [-0.2, 0) is 4.79 Å². The number of carbonyl (C=O) groups excluding carboxylic acids is 1. The number of nitrogens with one attached hydrogen (secondary N) is 2. The van der Waals surface area contributed by atoms with Gasteiger partial charge >= 0.3 is 0 Å². The highest BCUT2D eigenvalue weighted by Crippen LogP contribution is 2.33. The average Bonchev–Trinajstić information content (AvgIpc) is 3.52. The zero-order valence-electron chi connectivity index (χ0n) is 21.3. The van der Waals surface area contributed by atoms with Gasteiger partial charge in [-0.15, -0.1) is 0 Å². The first-order valence-corrected chi connectivity index (χ1v) is 12.7. The zero-order chi connectivity index (χ0) is 25.7. The van der Waals surface area contributed by atoms with Crippen LogP contribution in [0.15, 0.2) is 59.3 Å². The molecule has 1 saturated carbocycles. The fourth-order valence-electron chi connectivity index (χ4n) is 5.12. The minimum absolute atomic E-state index is 0.158. The van der Waals surface area contributed by atoms with Crippen LogP contribution >= 0.6 is 0 Å². The molecule has 1 aromatic heterocycles. The van der Waals surface area contributed by atoms with Crippen LogP contribution in [0.2, 0.25) is 0 Å². The number of β-amino-alcohol motifs (C(OH)–C–C–N with tert-alkyl or cyclic N) is 1. The summed E-state index contributed by atoms with van der Waals surface area (Å²) in [6.07, 6.45) is 9.07. The lowest BCUT2D eigenvalue weighted by Gasteiger charge is -2.36. The molecule has 3 heterocycles. The molecule has 0 unspecified atom stereocenters. The lowest BCUT2D eigenvalue weighted by atomic mass is 10.2. The van der Waals surface area contributed by atoms with Crippen LogP contribution in [0.4, 0.5) is 11.5 Å². The largest absolute Gasteiger partial charge is 0.404 e. The number of nitrogens with two attached hydrogens (primary N) is 1. The van der Waals surface area contributed by atoms with Gasteiger partial charge in [0.15, 0.2) is 0 Å². The van der Waals surface area contributed by atoms with Crippen molar-refractivity contribution in [2.24, 2.45) is 10.7 Å². The van der Waals surface area contributed by atoms with E-state index in [0.29, 0.717) is 35.3 Å². The normalized spacial score (nSPS) is 22.2. The van der Waals surface area contributed by atoms with Gasteiger partial charge in [-0.3, -0.25) is 9.69 Å². The number of likely N-dealkylation sites (N-methyl/N-ethyl adjacent to an activating group) is 1. The molecule has 1 aliphatic carbocycles. The number of aliphatic hydroxyl groups excluding tert-OH is 1. The predicted octanol–water partition coefficient (Wildman–Crippen LogP) is 1.60. The third-order valence-electron chi connectivity index (χ3n) is 6.89. The molecule has 1 aromatic rings. The number of hydrogen-bond donors (Lipinski definition) is 4. The Kier molecular flexibility index (Phi) is 8.27. The van der Waals surface area contributed by atoms with Crippen molar-refractivity contribution >= 4 is 23.2 Å². The second-order valence-electron chi connectivity index (χ2n) is 9.58. The summed E-state index contributed by atoms with van der Waals surface area (Å²) in [5.41, 5.74) is 8.22. The van der Waals surface area contributed by atoms with E-state index in [9.17, 15) is 9.90 Å². The van der Waals surface area contributed by atoms with Crippen molar-refractivity contribution in [2.45, 2.75) is 44.8 Å². The van der Waals surface area contributed by atoms with Gasteiger partial charge in [0.1, 0.15) is 23.2 Å². The second-order valence-corrected chi connectivity index (χ2v) is 9.58. The fraction of sp³-hybridized carbons (Fsp3) is 0.500. The Balaban J connectivity index is 1.43. The van der Waals surface area contributed by atoms with E-state index in [2.05, 4.69) is 32.0 Å². The smallest absolute Gasteiger partial charge is 0.267 e. The van der Waals surface area contributed by atoms with Crippen LogP contribution in [-0.4, -0.2) is 83.6 Å². The third-order valence-corrected chi connectivity index (χ3v) is 6.89. The van der Waals surface area contributed by atoms with Crippen molar-refractivity contribution in [3.63, 3.8) is 0 Å². The van der Waals surface area contributed by atoms with E-state index in [1.807, 2.05) is 30.2 Å². The lowest BCUT2D eigenvalue weighted by Crippen LogP contribution is -2.48. The summed E-state index contributed by atoms with van der Waals surface area (Å²) in [6, 6.07) is 4.16. The van der Waals surface area contributed by atoms with Crippen molar-refractivity contribution in [3.05, 3.63) is 54.3 Å². The highest BCUT2D eigenvalue weighted by atomic mass is 16.3. The quantitative estimate of drug-likeness (QED) is 0.430. The lowest BCUT2D eigenvalue weighted by molar-refractivity contribution is -0.118. The number of rotatable bonds is 8. The monoisotopic (exact) mass is 494 g/mol. The number of aliphatic imine (C=N–C) groups is 1. The molecule has 2 aliphatic heterocycles. The number of nitrogens with zero attached hydrogens (tertiary/aromatic N) is 5. The van der Waals surface area contributed by atoms with Gasteiger partial charge in [0.2, 0.25) is 0 Å². The van der Waals surface area contributed by atoms with Crippen LogP contribution in [0.25, 0.3) is 0 Å². The number of aliphatic hydroxyl groups is 1. The van der Waals surface area contributed by atoms with Gasteiger partial charge in [-0.2, -0.15) is 0 Å². The first kappa shape index (κ1) is 25.7. The maximum atomic E-state index is 12.6. The Morgan fingerprint density at radius 2 is 2.03 bits per heavy atom. The minimum atomic E-state index is -0.308. The third kappa shape index (κ3) is 5.88. The highest BCUT2D eigenvalue weighted by Gasteiger charge is 2.36. The molecule has 10 nitrogen and oxygen atoms in total. The molecule has 194 valence electrons. The molecule has 0 aromatic carbocycles. The summed E-state index contributed by atoms with van der Waals surface area (Å²) in [5, 5.41) is 15.5. The molecule has 36 heavy (non-hydrogen) atoms. The molecule has 2 fully saturated rings. The highest BCUT2D eigenvalue weighted by molar-refractivity contribution is 6.12. The van der Waals surface area contributed by atoms with E-state index in [1.165, 1.54) is 6.20 Å². The Morgan fingerprint density at radius 3 is 2.61 bits per heavy atom. The van der Waals surface area contributed by atoms with Gasteiger partial charge in [0.25, 0.3) is 5.91 Å². The van der Waals surface area contributed by atoms with Crippen LogP contribution in [0.1, 0.15) is 32.6 Å². The SMILES string of the molecule is C=C(/N=C1\C(=C/N)C=C(C(=O)NC)N1C1CCCC1)Nc1ccc(N2CCN(C[C@@H](C)O)CC2)cn1. The molecule has 4 rings (SSSR count). The van der Waals surface area contributed by atoms with Gasteiger partial charge in [-0.25, -0.2) is 9.98 Å². The van der Waals surface area contributed by atoms with Crippen molar-refractivity contribution in [1.29, 1.82) is 0 Å². The summed E-state index contributed by atoms with van der Waals surface area (Å²) >= 11 is 0. The van der Waals surface area contributed by atoms with E-state index < -0.39 is 0 Å². The summed E-state index contributed by atoms with van der Waals surface area (Å²) in [6.45, 7) is 10.2. The molecule has 1 atom stereocenters. The van der Waals surface area contributed by atoms with Crippen LogP contribution in [0.5, 0.6) is 0 Å². The standard InChI is InChI=1S/C26H38N8O2/c1-18(35)17-32-10-12-33(13-11-32)22-8-9-24(29-16-22)30-19(2)31-25-20(15-27)14-23(26(36)28-3)34(25)21-6-4-5-7-21/h8-9,14-16,18,21,35H,2,4-7,10-13,17,27H2,1,3H3,(H,28,36)(H,29,30)/b20-15-,31-25+/t18-/m1/s1. The topological polar surface area (TPSA) is 122 Å².